The Kier molecular flexibility index (Phi) is 5.85. The van der Waals surface area contributed by atoms with Crippen molar-refractivity contribution in [3.8, 4) is 5.75 Å². The SMILES string of the molecule is COc1ccc(N2C(=O)C(O)=C(C(=O)/C=C/c3ccccc3)[C@H]2c2ccc(F)cc2)cc1. The molecule has 0 saturated heterocycles. The molecule has 0 unspecified atom stereocenters. The molecule has 160 valence electrons. The number of carbonyl (C=O) groups is 2. The van der Waals surface area contributed by atoms with E-state index in [0.717, 1.165) is 5.56 Å². The Bertz CT molecular complexity index is 1200. The Balaban J connectivity index is 1.77. The number of hydrogen-bond acceptors (Lipinski definition) is 4. The summed E-state index contributed by atoms with van der Waals surface area (Å²) in [5.41, 5.74) is 1.70. The molecule has 1 N–H and O–H groups in total. The number of hydrogen-bond donors (Lipinski definition) is 1. The molecule has 32 heavy (non-hydrogen) atoms. The first-order chi connectivity index (χ1) is 15.5. The molecule has 0 fully saturated rings. The van der Waals surface area contributed by atoms with Crippen LogP contribution in [0.2, 0.25) is 0 Å². The van der Waals surface area contributed by atoms with Crippen molar-refractivity contribution in [1.82, 2.24) is 0 Å². The summed E-state index contributed by atoms with van der Waals surface area (Å²) in [5.74, 6) is -1.69. The molecule has 3 aromatic carbocycles. The largest absolute Gasteiger partial charge is 0.503 e. The lowest BCUT2D eigenvalue weighted by Gasteiger charge is -2.26. The average Bonchev–Trinajstić information content (AvgIpc) is 3.09. The first-order valence-electron chi connectivity index (χ1n) is 9.93. The van der Waals surface area contributed by atoms with Gasteiger partial charge in [-0.3, -0.25) is 14.5 Å². The molecule has 1 heterocycles. The number of anilines is 1. The van der Waals surface area contributed by atoms with Crippen LogP contribution in [-0.2, 0) is 9.59 Å². The highest BCUT2D eigenvalue weighted by Gasteiger charge is 2.43. The van der Waals surface area contributed by atoms with Crippen LogP contribution in [0.4, 0.5) is 10.1 Å². The van der Waals surface area contributed by atoms with Gasteiger partial charge >= 0.3 is 0 Å². The number of aliphatic hydroxyl groups excluding tert-OH is 1. The van der Waals surface area contributed by atoms with Crippen molar-refractivity contribution in [2.45, 2.75) is 6.04 Å². The normalized spacial score (nSPS) is 16.1. The number of ketones is 1. The quantitative estimate of drug-likeness (QED) is 0.559. The summed E-state index contributed by atoms with van der Waals surface area (Å²) in [6.45, 7) is 0. The number of benzene rings is 3. The van der Waals surface area contributed by atoms with E-state index < -0.39 is 29.3 Å². The summed E-state index contributed by atoms with van der Waals surface area (Å²) >= 11 is 0. The van der Waals surface area contributed by atoms with Gasteiger partial charge in [0, 0.05) is 5.69 Å². The fourth-order valence-electron chi connectivity index (χ4n) is 3.65. The molecule has 1 atom stereocenters. The number of aliphatic hydroxyl groups is 1. The fraction of sp³-hybridized carbons (Fsp3) is 0.0769. The number of carbonyl (C=O) groups excluding carboxylic acids is 2. The number of ether oxygens (including phenoxy) is 1. The minimum atomic E-state index is -0.913. The maximum Gasteiger partial charge on any atom is 0.294 e. The smallest absolute Gasteiger partial charge is 0.294 e. The van der Waals surface area contributed by atoms with Gasteiger partial charge in [0.05, 0.1) is 18.7 Å². The van der Waals surface area contributed by atoms with Gasteiger partial charge in [-0.1, -0.05) is 48.5 Å². The summed E-state index contributed by atoms with van der Waals surface area (Å²) in [6.07, 6.45) is 2.94. The summed E-state index contributed by atoms with van der Waals surface area (Å²) in [5, 5.41) is 10.7. The minimum Gasteiger partial charge on any atom is -0.503 e. The van der Waals surface area contributed by atoms with Crippen LogP contribution in [0.25, 0.3) is 6.08 Å². The van der Waals surface area contributed by atoms with E-state index in [9.17, 15) is 19.1 Å². The molecule has 5 nitrogen and oxygen atoms in total. The van der Waals surface area contributed by atoms with Crippen molar-refractivity contribution >= 4 is 23.5 Å². The van der Waals surface area contributed by atoms with Gasteiger partial charge in [-0.2, -0.15) is 0 Å². The number of halogens is 1. The van der Waals surface area contributed by atoms with E-state index in [1.165, 1.54) is 42.4 Å². The van der Waals surface area contributed by atoms with Crippen LogP contribution in [0, 0.1) is 5.82 Å². The summed E-state index contributed by atoms with van der Waals surface area (Å²) in [6, 6.07) is 20.5. The third-order valence-electron chi connectivity index (χ3n) is 5.24. The Morgan fingerprint density at radius 2 is 1.66 bits per heavy atom. The number of allylic oxidation sites excluding steroid dienone is 1. The monoisotopic (exact) mass is 429 g/mol. The highest BCUT2D eigenvalue weighted by atomic mass is 19.1. The van der Waals surface area contributed by atoms with Gasteiger partial charge in [0.1, 0.15) is 11.6 Å². The first kappa shape index (κ1) is 21.1. The topological polar surface area (TPSA) is 66.8 Å². The van der Waals surface area contributed by atoms with Crippen LogP contribution in [0.3, 0.4) is 0 Å². The van der Waals surface area contributed by atoms with E-state index in [1.54, 1.807) is 30.3 Å². The van der Waals surface area contributed by atoms with Gasteiger partial charge in [0.15, 0.2) is 11.5 Å². The molecule has 1 amide bonds. The summed E-state index contributed by atoms with van der Waals surface area (Å²) in [4.78, 5) is 27.5. The van der Waals surface area contributed by atoms with Gasteiger partial charge < -0.3 is 9.84 Å². The second kappa shape index (κ2) is 8.89. The molecule has 0 aromatic heterocycles. The number of amides is 1. The first-order valence-corrected chi connectivity index (χ1v) is 9.93. The Hall–Kier alpha value is -4.19. The predicted molar refractivity (Wildman–Crippen MR) is 120 cm³/mol. The van der Waals surface area contributed by atoms with E-state index in [2.05, 4.69) is 0 Å². The Labute approximate surface area is 184 Å². The molecule has 4 rings (SSSR count). The van der Waals surface area contributed by atoms with Crippen LogP contribution in [0.5, 0.6) is 5.75 Å². The maximum atomic E-state index is 13.6. The maximum absolute atomic E-state index is 13.6. The van der Waals surface area contributed by atoms with Crippen molar-refractivity contribution in [3.05, 3.63) is 113 Å². The Morgan fingerprint density at radius 3 is 2.28 bits per heavy atom. The number of methoxy groups -OCH3 is 1. The van der Waals surface area contributed by atoms with Crippen LogP contribution < -0.4 is 9.64 Å². The van der Waals surface area contributed by atoms with Crippen molar-refractivity contribution in [2.24, 2.45) is 0 Å². The average molecular weight is 429 g/mol. The van der Waals surface area contributed by atoms with Crippen molar-refractivity contribution in [1.29, 1.82) is 0 Å². The molecular weight excluding hydrogens is 409 g/mol. The fourth-order valence-corrected chi connectivity index (χ4v) is 3.65. The molecule has 1 aliphatic rings. The van der Waals surface area contributed by atoms with E-state index in [-0.39, 0.29) is 5.57 Å². The van der Waals surface area contributed by atoms with Crippen LogP contribution in [0.1, 0.15) is 17.2 Å². The van der Waals surface area contributed by atoms with E-state index in [1.807, 2.05) is 30.3 Å². The van der Waals surface area contributed by atoms with Gasteiger partial charge in [0.2, 0.25) is 0 Å². The lowest BCUT2D eigenvalue weighted by molar-refractivity contribution is -0.117. The highest BCUT2D eigenvalue weighted by molar-refractivity contribution is 6.19. The van der Waals surface area contributed by atoms with E-state index >= 15 is 0 Å². The second-order valence-corrected chi connectivity index (χ2v) is 7.20. The standard InChI is InChI=1S/C26H20FNO4/c1-32-21-14-12-20(13-15-21)28-24(18-8-10-19(27)11-9-18)23(25(30)26(28)31)22(29)16-7-17-5-3-2-4-6-17/h2-16,24,30H,1H3/b16-7+/t24-/m1/s1. The van der Waals surface area contributed by atoms with Crippen molar-refractivity contribution in [2.75, 3.05) is 12.0 Å². The molecule has 0 radical (unpaired) electrons. The van der Waals surface area contributed by atoms with Crippen LogP contribution in [0.15, 0.2) is 96.3 Å². The second-order valence-electron chi connectivity index (χ2n) is 7.20. The number of nitrogens with zero attached hydrogens (tertiary/aromatic N) is 1. The third-order valence-corrected chi connectivity index (χ3v) is 5.24. The molecule has 0 aliphatic carbocycles. The minimum absolute atomic E-state index is 0.0652. The molecule has 3 aromatic rings. The molecule has 0 spiro atoms. The summed E-state index contributed by atoms with van der Waals surface area (Å²) < 4.78 is 18.7. The highest BCUT2D eigenvalue weighted by Crippen LogP contribution is 2.41. The van der Waals surface area contributed by atoms with Crippen LogP contribution in [-0.4, -0.2) is 23.9 Å². The van der Waals surface area contributed by atoms with Gasteiger partial charge in [-0.15, -0.1) is 0 Å². The lowest BCUT2D eigenvalue weighted by atomic mass is 9.95. The molecule has 6 heteroatoms. The molecule has 0 bridgehead atoms. The van der Waals surface area contributed by atoms with Gasteiger partial charge in [-0.05, 0) is 53.6 Å². The van der Waals surface area contributed by atoms with Gasteiger partial charge in [-0.25, -0.2) is 4.39 Å². The third kappa shape index (κ3) is 4.03. The number of rotatable bonds is 6. The zero-order chi connectivity index (χ0) is 22.7. The molecule has 0 saturated carbocycles. The molecular formula is C26H20FNO4. The predicted octanol–water partition coefficient (Wildman–Crippen LogP) is 5.02. The van der Waals surface area contributed by atoms with Gasteiger partial charge in [0.25, 0.3) is 5.91 Å². The van der Waals surface area contributed by atoms with Crippen LogP contribution >= 0.6 is 0 Å². The summed E-state index contributed by atoms with van der Waals surface area (Å²) in [7, 11) is 1.53. The Morgan fingerprint density at radius 1 is 1.00 bits per heavy atom. The zero-order valence-electron chi connectivity index (χ0n) is 17.2. The van der Waals surface area contributed by atoms with Crippen molar-refractivity contribution in [3.63, 3.8) is 0 Å². The van der Waals surface area contributed by atoms with Crippen molar-refractivity contribution < 1.29 is 23.8 Å². The zero-order valence-corrected chi connectivity index (χ0v) is 17.2. The van der Waals surface area contributed by atoms with E-state index in [4.69, 9.17) is 4.74 Å². The molecule has 1 aliphatic heterocycles. The lowest BCUT2D eigenvalue weighted by Crippen LogP contribution is -2.30. The van der Waals surface area contributed by atoms with E-state index in [0.29, 0.717) is 17.0 Å².